The molecule has 0 amide bonds. The van der Waals surface area contributed by atoms with Gasteiger partial charge in [-0.15, -0.1) is 0 Å². The largest absolute Gasteiger partial charge is 0.330 e. The lowest BCUT2D eigenvalue weighted by molar-refractivity contribution is 0.173. The van der Waals surface area contributed by atoms with Crippen molar-refractivity contribution < 1.29 is 0 Å². The molecule has 1 aromatic heterocycles. The summed E-state index contributed by atoms with van der Waals surface area (Å²) in [5, 5.41) is 0.775. The minimum Gasteiger partial charge on any atom is -0.330 e. The van der Waals surface area contributed by atoms with Crippen molar-refractivity contribution in [3.8, 4) is 0 Å². The van der Waals surface area contributed by atoms with Crippen LogP contribution in [0.4, 0.5) is 0 Å². The first-order valence-corrected chi connectivity index (χ1v) is 6.68. The van der Waals surface area contributed by atoms with E-state index >= 15 is 0 Å². The van der Waals surface area contributed by atoms with Gasteiger partial charge in [-0.25, -0.2) is 0 Å². The van der Waals surface area contributed by atoms with E-state index in [4.69, 9.17) is 17.3 Å². The fourth-order valence-corrected chi connectivity index (χ4v) is 2.62. The van der Waals surface area contributed by atoms with Gasteiger partial charge in [-0.1, -0.05) is 11.6 Å². The smallest absolute Gasteiger partial charge is 0.0634 e. The van der Waals surface area contributed by atoms with Gasteiger partial charge in [-0.2, -0.15) is 0 Å². The van der Waals surface area contributed by atoms with E-state index < -0.39 is 0 Å². The Labute approximate surface area is 108 Å². The van der Waals surface area contributed by atoms with Gasteiger partial charge in [-0.05, 0) is 56.4 Å². The number of nitrogens with two attached hydrogens (primary N) is 1. The Morgan fingerprint density at radius 3 is 2.82 bits per heavy atom. The average molecular weight is 254 g/mol. The van der Waals surface area contributed by atoms with Crippen LogP contribution in [0.5, 0.6) is 0 Å². The molecule has 0 radical (unpaired) electrons. The topological polar surface area (TPSA) is 42.1 Å². The summed E-state index contributed by atoms with van der Waals surface area (Å²) in [7, 11) is 0. The van der Waals surface area contributed by atoms with Gasteiger partial charge in [0.2, 0.25) is 0 Å². The van der Waals surface area contributed by atoms with E-state index in [2.05, 4.69) is 9.88 Å². The van der Waals surface area contributed by atoms with Crippen molar-refractivity contribution in [2.45, 2.75) is 25.8 Å². The first kappa shape index (κ1) is 12.8. The third kappa shape index (κ3) is 3.66. The standard InChI is InChI=1S/C13H20ClN3/c14-13-9-16-6-2-12(13)10-17-7-3-11(1-5-15)4-8-17/h2,6,9,11H,1,3-5,7-8,10,15H2. The Morgan fingerprint density at radius 2 is 2.18 bits per heavy atom. The van der Waals surface area contributed by atoms with Crippen LogP contribution < -0.4 is 5.73 Å². The molecule has 0 atom stereocenters. The lowest BCUT2D eigenvalue weighted by Gasteiger charge is -2.31. The second-order valence-electron chi connectivity index (χ2n) is 4.76. The maximum atomic E-state index is 6.12. The number of nitrogens with zero attached hydrogens (tertiary/aromatic N) is 2. The molecule has 1 aliphatic rings. The van der Waals surface area contributed by atoms with Crippen LogP contribution in [0.2, 0.25) is 5.02 Å². The number of hydrogen-bond acceptors (Lipinski definition) is 3. The van der Waals surface area contributed by atoms with Gasteiger partial charge >= 0.3 is 0 Å². The SMILES string of the molecule is NCCC1CCN(Cc2ccncc2Cl)CC1. The summed E-state index contributed by atoms with van der Waals surface area (Å²) in [6, 6.07) is 2.01. The van der Waals surface area contributed by atoms with E-state index in [9.17, 15) is 0 Å². The minimum atomic E-state index is 0.775. The number of halogens is 1. The first-order valence-electron chi connectivity index (χ1n) is 6.30. The lowest BCUT2D eigenvalue weighted by atomic mass is 9.93. The van der Waals surface area contributed by atoms with Crippen LogP contribution in [0.1, 0.15) is 24.8 Å². The van der Waals surface area contributed by atoms with Crippen molar-refractivity contribution in [1.82, 2.24) is 9.88 Å². The van der Waals surface area contributed by atoms with Crippen molar-refractivity contribution in [3.63, 3.8) is 0 Å². The predicted molar refractivity (Wildman–Crippen MR) is 70.9 cm³/mol. The molecule has 0 unspecified atom stereocenters. The van der Waals surface area contributed by atoms with Crippen molar-refractivity contribution >= 4 is 11.6 Å². The summed E-state index contributed by atoms with van der Waals surface area (Å²) >= 11 is 6.12. The van der Waals surface area contributed by atoms with Crippen LogP contribution in [-0.4, -0.2) is 29.5 Å². The number of hydrogen-bond donors (Lipinski definition) is 1. The Morgan fingerprint density at radius 1 is 1.41 bits per heavy atom. The van der Waals surface area contributed by atoms with Crippen molar-refractivity contribution in [3.05, 3.63) is 29.0 Å². The summed E-state index contributed by atoms with van der Waals surface area (Å²) in [5.74, 6) is 0.823. The van der Waals surface area contributed by atoms with E-state index in [1.165, 1.54) is 24.8 Å². The molecule has 2 rings (SSSR count). The Kier molecular flexibility index (Phi) is 4.77. The fraction of sp³-hybridized carbons (Fsp3) is 0.615. The monoisotopic (exact) mass is 253 g/mol. The molecule has 2 N–H and O–H groups in total. The van der Waals surface area contributed by atoms with Crippen molar-refractivity contribution in [1.29, 1.82) is 0 Å². The summed E-state index contributed by atoms with van der Waals surface area (Å²) in [5.41, 5.74) is 6.78. The number of aromatic nitrogens is 1. The molecular weight excluding hydrogens is 234 g/mol. The van der Waals surface area contributed by atoms with Gasteiger partial charge < -0.3 is 5.73 Å². The second-order valence-corrected chi connectivity index (χ2v) is 5.17. The second kappa shape index (κ2) is 6.34. The van der Waals surface area contributed by atoms with Crippen molar-refractivity contribution in [2.24, 2.45) is 11.7 Å². The van der Waals surface area contributed by atoms with Crippen molar-refractivity contribution in [2.75, 3.05) is 19.6 Å². The summed E-state index contributed by atoms with van der Waals surface area (Å²) in [6.45, 7) is 4.07. The van der Waals surface area contributed by atoms with Gasteiger partial charge in [0.05, 0.1) is 5.02 Å². The quantitative estimate of drug-likeness (QED) is 0.895. The average Bonchev–Trinajstić information content (AvgIpc) is 2.35. The molecule has 17 heavy (non-hydrogen) atoms. The summed E-state index contributed by atoms with van der Waals surface area (Å²) < 4.78 is 0. The molecule has 0 aliphatic carbocycles. The van der Waals surface area contributed by atoms with Crippen LogP contribution in [0.15, 0.2) is 18.5 Å². The van der Waals surface area contributed by atoms with Crippen LogP contribution >= 0.6 is 11.6 Å². The van der Waals surface area contributed by atoms with E-state index in [0.29, 0.717) is 0 Å². The molecule has 1 aliphatic heterocycles. The highest BCUT2D eigenvalue weighted by Crippen LogP contribution is 2.23. The van der Waals surface area contributed by atoms with E-state index in [1.807, 2.05) is 12.3 Å². The first-order chi connectivity index (χ1) is 8.29. The zero-order valence-corrected chi connectivity index (χ0v) is 10.9. The fourth-order valence-electron chi connectivity index (χ4n) is 2.44. The summed E-state index contributed by atoms with van der Waals surface area (Å²) in [6.07, 6.45) is 7.23. The van der Waals surface area contributed by atoms with Crippen LogP contribution in [-0.2, 0) is 6.54 Å². The molecule has 0 spiro atoms. The predicted octanol–water partition coefficient (Wildman–Crippen LogP) is 2.30. The molecule has 0 saturated carbocycles. The molecule has 0 aromatic carbocycles. The Bertz CT molecular complexity index is 348. The van der Waals surface area contributed by atoms with Gasteiger partial charge in [0, 0.05) is 18.9 Å². The van der Waals surface area contributed by atoms with Crippen LogP contribution in [0.3, 0.4) is 0 Å². The Balaban J connectivity index is 1.84. The highest BCUT2D eigenvalue weighted by molar-refractivity contribution is 6.31. The molecule has 94 valence electrons. The van der Waals surface area contributed by atoms with Crippen LogP contribution in [0, 0.1) is 5.92 Å². The van der Waals surface area contributed by atoms with Gasteiger partial charge in [0.25, 0.3) is 0 Å². The van der Waals surface area contributed by atoms with E-state index in [1.54, 1.807) is 6.20 Å². The molecular formula is C13H20ClN3. The molecule has 1 aromatic rings. The van der Waals surface area contributed by atoms with Gasteiger partial charge in [0.15, 0.2) is 0 Å². The van der Waals surface area contributed by atoms with E-state index in [0.717, 1.165) is 37.1 Å². The third-order valence-corrected chi connectivity index (χ3v) is 3.87. The molecule has 1 fully saturated rings. The van der Waals surface area contributed by atoms with E-state index in [-0.39, 0.29) is 0 Å². The van der Waals surface area contributed by atoms with Gasteiger partial charge in [0.1, 0.15) is 0 Å². The number of rotatable bonds is 4. The number of pyridine rings is 1. The maximum Gasteiger partial charge on any atom is 0.0634 e. The van der Waals surface area contributed by atoms with Crippen LogP contribution in [0.25, 0.3) is 0 Å². The summed E-state index contributed by atoms with van der Waals surface area (Å²) in [4.78, 5) is 6.48. The number of likely N-dealkylation sites (tertiary alicyclic amines) is 1. The normalized spacial score (nSPS) is 18.5. The zero-order chi connectivity index (χ0) is 12.1. The minimum absolute atomic E-state index is 0.775. The molecule has 1 saturated heterocycles. The lowest BCUT2D eigenvalue weighted by Crippen LogP contribution is -2.33. The maximum absolute atomic E-state index is 6.12. The highest BCUT2D eigenvalue weighted by Gasteiger charge is 2.18. The zero-order valence-electron chi connectivity index (χ0n) is 10.1. The molecule has 3 nitrogen and oxygen atoms in total. The number of piperidine rings is 1. The molecule has 4 heteroatoms. The Hall–Kier alpha value is -0.640. The highest BCUT2D eigenvalue weighted by atomic mass is 35.5. The molecule has 2 heterocycles. The third-order valence-electron chi connectivity index (χ3n) is 3.53. The molecule has 0 bridgehead atoms. The van der Waals surface area contributed by atoms with Gasteiger partial charge in [-0.3, -0.25) is 9.88 Å².